The SMILES string of the molecule is CCOC(=O)C1NC(=O)CC1(C)c1ccccc1Br. The molecule has 1 saturated heterocycles. The first kappa shape index (κ1) is 14.1. The van der Waals surface area contributed by atoms with Gasteiger partial charge in [0.05, 0.1) is 6.61 Å². The number of esters is 1. The standard InChI is InChI=1S/C14H16BrNO3/c1-3-19-13(18)12-14(2,8-11(17)16-12)9-6-4-5-7-10(9)15/h4-7,12H,3,8H2,1-2H3,(H,16,17). The third-order valence-corrected chi connectivity index (χ3v) is 4.17. The fourth-order valence-corrected chi connectivity index (χ4v) is 3.26. The van der Waals surface area contributed by atoms with Gasteiger partial charge in [-0.2, -0.15) is 0 Å². The van der Waals surface area contributed by atoms with Gasteiger partial charge in [-0.3, -0.25) is 4.79 Å². The van der Waals surface area contributed by atoms with Crippen LogP contribution in [-0.4, -0.2) is 24.5 Å². The summed E-state index contributed by atoms with van der Waals surface area (Å²) in [6, 6.07) is 7.00. The highest BCUT2D eigenvalue weighted by Gasteiger charge is 2.49. The average Bonchev–Trinajstić information content (AvgIpc) is 2.66. The zero-order chi connectivity index (χ0) is 14.0. The summed E-state index contributed by atoms with van der Waals surface area (Å²) in [5.41, 5.74) is 0.343. The van der Waals surface area contributed by atoms with Gasteiger partial charge in [0.1, 0.15) is 6.04 Å². The predicted octanol–water partition coefficient (Wildman–Crippen LogP) is 2.16. The lowest BCUT2D eigenvalue weighted by atomic mass is 9.76. The lowest BCUT2D eigenvalue weighted by Gasteiger charge is -2.29. The Hall–Kier alpha value is -1.36. The van der Waals surface area contributed by atoms with Crippen LogP contribution in [0.15, 0.2) is 28.7 Å². The highest BCUT2D eigenvalue weighted by molar-refractivity contribution is 9.10. The van der Waals surface area contributed by atoms with E-state index in [9.17, 15) is 9.59 Å². The summed E-state index contributed by atoms with van der Waals surface area (Å²) >= 11 is 3.49. The van der Waals surface area contributed by atoms with Gasteiger partial charge in [-0.05, 0) is 18.6 Å². The van der Waals surface area contributed by atoms with Gasteiger partial charge < -0.3 is 10.1 Å². The molecule has 0 aliphatic carbocycles. The average molecular weight is 326 g/mol. The van der Waals surface area contributed by atoms with Crippen LogP contribution in [0.25, 0.3) is 0 Å². The number of rotatable bonds is 3. The summed E-state index contributed by atoms with van der Waals surface area (Å²) in [5, 5.41) is 2.72. The van der Waals surface area contributed by atoms with Gasteiger partial charge in [-0.15, -0.1) is 0 Å². The van der Waals surface area contributed by atoms with Crippen molar-refractivity contribution in [3.8, 4) is 0 Å². The van der Waals surface area contributed by atoms with E-state index in [1.807, 2.05) is 31.2 Å². The second kappa shape index (κ2) is 5.33. The maximum atomic E-state index is 12.0. The molecular weight excluding hydrogens is 310 g/mol. The van der Waals surface area contributed by atoms with Crippen molar-refractivity contribution >= 4 is 27.8 Å². The van der Waals surface area contributed by atoms with Gasteiger partial charge in [0.2, 0.25) is 5.91 Å². The van der Waals surface area contributed by atoms with Crippen molar-refractivity contribution in [2.45, 2.75) is 31.7 Å². The van der Waals surface area contributed by atoms with Crippen LogP contribution in [0.3, 0.4) is 0 Å². The Labute approximate surface area is 120 Å². The van der Waals surface area contributed by atoms with E-state index < -0.39 is 11.5 Å². The largest absolute Gasteiger partial charge is 0.464 e. The number of hydrogen-bond acceptors (Lipinski definition) is 3. The zero-order valence-electron chi connectivity index (χ0n) is 10.9. The van der Waals surface area contributed by atoms with Crippen molar-refractivity contribution in [2.75, 3.05) is 6.61 Å². The summed E-state index contributed by atoms with van der Waals surface area (Å²) in [4.78, 5) is 23.8. The third-order valence-electron chi connectivity index (χ3n) is 3.48. The Morgan fingerprint density at radius 2 is 2.21 bits per heavy atom. The quantitative estimate of drug-likeness (QED) is 0.866. The summed E-state index contributed by atoms with van der Waals surface area (Å²) in [5.74, 6) is -0.511. The molecule has 1 amide bonds. The molecule has 0 bridgehead atoms. The lowest BCUT2D eigenvalue weighted by Crippen LogP contribution is -2.46. The van der Waals surface area contributed by atoms with Crippen molar-refractivity contribution in [2.24, 2.45) is 0 Å². The minimum absolute atomic E-state index is 0.128. The van der Waals surface area contributed by atoms with Crippen LogP contribution in [0.2, 0.25) is 0 Å². The number of carbonyl (C=O) groups excluding carboxylic acids is 2. The molecule has 0 saturated carbocycles. The second-order valence-corrected chi connectivity index (χ2v) is 5.68. The molecule has 5 heteroatoms. The molecule has 1 heterocycles. The Morgan fingerprint density at radius 3 is 2.84 bits per heavy atom. The fraction of sp³-hybridized carbons (Fsp3) is 0.429. The molecule has 0 spiro atoms. The van der Waals surface area contributed by atoms with E-state index in [0.717, 1.165) is 10.0 Å². The normalized spacial score (nSPS) is 26.1. The molecule has 2 unspecified atom stereocenters. The van der Waals surface area contributed by atoms with Gasteiger partial charge in [-0.1, -0.05) is 41.1 Å². The Balaban J connectivity index is 2.42. The van der Waals surface area contributed by atoms with Crippen LogP contribution in [0.5, 0.6) is 0 Å². The number of hydrogen-bond donors (Lipinski definition) is 1. The van der Waals surface area contributed by atoms with E-state index >= 15 is 0 Å². The van der Waals surface area contributed by atoms with E-state index in [1.54, 1.807) is 6.92 Å². The number of amides is 1. The summed E-state index contributed by atoms with van der Waals surface area (Å²) in [7, 11) is 0. The van der Waals surface area contributed by atoms with Crippen molar-refractivity contribution in [1.29, 1.82) is 0 Å². The number of halogens is 1. The van der Waals surface area contributed by atoms with Gasteiger partial charge in [0.25, 0.3) is 0 Å². The molecule has 1 aliphatic rings. The molecule has 1 fully saturated rings. The Morgan fingerprint density at radius 1 is 1.53 bits per heavy atom. The number of nitrogens with one attached hydrogen (secondary N) is 1. The first-order valence-corrected chi connectivity index (χ1v) is 6.99. The van der Waals surface area contributed by atoms with Crippen molar-refractivity contribution < 1.29 is 14.3 Å². The molecule has 102 valence electrons. The van der Waals surface area contributed by atoms with Crippen LogP contribution < -0.4 is 5.32 Å². The maximum absolute atomic E-state index is 12.0. The van der Waals surface area contributed by atoms with Crippen molar-refractivity contribution in [1.82, 2.24) is 5.32 Å². The second-order valence-electron chi connectivity index (χ2n) is 4.83. The highest BCUT2D eigenvalue weighted by atomic mass is 79.9. The topological polar surface area (TPSA) is 55.4 Å². The highest BCUT2D eigenvalue weighted by Crippen LogP contribution is 2.39. The van der Waals surface area contributed by atoms with Crippen LogP contribution >= 0.6 is 15.9 Å². The number of carbonyl (C=O) groups is 2. The minimum atomic E-state index is -0.640. The Bertz CT molecular complexity index is 517. The monoisotopic (exact) mass is 325 g/mol. The van der Waals surface area contributed by atoms with Crippen LogP contribution in [0, 0.1) is 0 Å². The molecule has 0 radical (unpaired) electrons. The van der Waals surface area contributed by atoms with Crippen LogP contribution in [0.1, 0.15) is 25.8 Å². The summed E-state index contributed by atoms with van der Waals surface area (Å²) < 4.78 is 5.95. The van der Waals surface area contributed by atoms with E-state index in [-0.39, 0.29) is 18.3 Å². The van der Waals surface area contributed by atoms with Crippen molar-refractivity contribution in [3.05, 3.63) is 34.3 Å². The maximum Gasteiger partial charge on any atom is 0.329 e. The van der Waals surface area contributed by atoms with Gasteiger partial charge in [-0.25, -0.2) is 4.79 Å². The molecule has 19 heavy (non-hydrogen) atoms. The first-order valence-electron chi connectivity index (χ1n) is 6.20. The molecule has 0 aromatic heterocycles. The minimum Gasteiger partial charge on any atom is -0.464 e. The van der Waals surface area contributed by atoms with E-state index in [1.165, 1.54) is 0 Å². The van der Waals surface area contributed by atoms with Gasteiger partial charge in [0, 0.05) is 16.3 Å². The molecule has 1 aromatic rings. The fourth-order valence-electron chi connectivity index (χ4n) is 2.53. The first-order chi connectivity index (χ1) is 8.99. The molecule has 4 nitrogen and oxygen atoms in total. The molecule has 1 aliphatic heterocycles. The van der Waals surface area contributed by atoms with Crippen LogP contribution in [0.4, 0.5) is 0 Å². The molecule has 1 aromatic carbocycles. The van der Waals surface area contributed by atoms with E-state index in [4.69, 9.17) is 4.74 Å². The van der Waals surface area contributed by atoms with Crippen LogP contribution in [-0.2, 0) is 19.7 Å². The predicted molar refractivity (Wildman–Crippen MR) is 74.7 cm³/mol. The van der Waals surface area contributed by atoms with E-state index in [0.29, 0.717) is 6.61 Å². The number of ether oxygens (including phenoxy) is 1. The Kier molecular flexibility index (Phi) is 3.94. The number of benzene rings is 1. The van der Waals surface area contributed by atoms with Gasteiger partial charge in [0.15, 0.2) is 0 Å². The molecule has 2 atom stereocenters. The van der Waals surface area contributed by atoms with Gasteiger partial charge >= 0.3 is 5.97 Å². The third kappa shape index (κ3) is 2.52. The molecule has 2 rings (SSSR count). The zero-order valence-corrected chi connectivity index (χ0v) is 12.5. The smallest absolute Gasteiger partial charge is 0.329 e. The van der Waals surface area contributed by atoms with Crippen molar-refractivity contribution in [3.63, 3.8) is 0 Å². The summed E-state index contributed by atoms with van der Waals surface area (Å²) in [6.45, 7) is 3.97. The summed E-state index contributed by atoms with van der Waals surface area (Å²) in [6.07, 6.45) is 0.277. The molecular formula is C14H16BrNO3. The van der Waals surface area contributed by atoms with E-state index in [2.05, 4.69) is 21.2 Å². The lowest BCUT2D eigenvalue weighted by molar-refractivity contribution is -0.147. The molecule has 1 N–H and O–H groups in total.